The predicted octanol–water partition coefficient (Wildman–Crippen LogP) is 4.25. The fraction of sp³-hybridized carbons (Fsp3) is 0.419. The molecule has 0 bridgehead atoms. The zero-order chi connectivity index (χ0) is 28.4. The van der Waals surface area contributed by atoms with E-state index in [2.05, 4.69) is 73.1 Å². The Bertz CT molecular complexity index is 1260. The molecule has 0 aromatic heterocycles. The molecule has 1 amide bonds. The van der Waals surface area contributed by atoms with E-state index in [1.54, 1.807) is 0 Å². The van der Waals surface area contributed by atoms with E-state index in [4.69, 9.17) is 28.8 Å². The van der Waals surface area contributed by atoms with Crippen molar-refractivity contribution < 1.29 is 4.79 Å². The highest BCUT2D eigenvalue weighted by atomic mass is 35.5. The molecule has 3 aromatic carbocycles. The Hall–Kier alpha value is -3.13. The summed E-state index contributed by atoms with van der Waals surface area (Å²) >= 11 is 5.72. The minimum Gasteiger partial charge on any atom is -0.370 e. The minimum atomic E-state index is 0.0165. The van der Waals surface area contributed by atoms with E-state index in [0.717, 1.165) is 37.4 Å². The standard InChI is InChI=1S/C23H34N6O.C8H9Cl/c1-17-15-29(22(30)14-24)21(7-4-11-27-23(25)26)16-28(17)12-10-18-8-9-19-5-2-3-6-20(19)13-18;1-6-3-4-8(9)5-7(6)2/h2-3,5-6,8-9,13,17,21H,4,7,10-12,14-16,24H2,1H3,(H4,25,26,27);3-5H,1-2H3/t17-,21?;/m1./s1. The van der Waals surface area contributed by atoms with Gasteiger partial charge in [-0.25, -0.2) is 0 Å². The highest BCUT2D eigenvalue weighted by Crippen LogP contribution is 2.21. The first-order valence-electron chi connectivity index (χ1n) is 13.7. The molecule has 0 aliphatic carbocycles. The Morgan fingerprint density at radius 2 is 1.74 bits per heavy atom. The number of hydrogen-bond donors (Lipinski definition) is 3. The Balaban J connectivity index is 0.000000395. The molecule has 0 spiro atoms. The SMILES string of the molecule is C[C@@H]1CN(C(=O)CN)C(CCCN=C(N)N)CN1CCc1ccc2ccccc2c1.Cc1ccc(Cl)cc1C. The highest BCUT2D eigenvalue weighted by molar-refractivity contribution is 6.30. The number of guanidine groups is 1. The fourth-order valence-electron chi connectivity index (χ4n) is 4.99. The van der Waals surface area contributed by atoms with Crippen molar-refractivity contribution >= 4 is 34.2 Å². The molecule has 7 nitrogen and oxygen atoms in total. The van der Waals surface area contributed by atoms with Gasteiger partial charge in [0.25, 0.3) is 0 Å². The molecular formula is C31H43ClN6O. The number of nitrogens with zero attached hydrogens (tertiary/aromatic N) is 3. The molecule has 1 unspecified atom stereocenters. The Morgan fingerprint density at radius 3 is 2.41 bits per heavy atom. The van der Waals surface area contributed by atoms with Gasteiger partial charge in [-0.3, -0.25) is 14.7 Å². The van der Waals surface area contributed by atoms with Gasteiger partial charge >= 0.3 is 0 Å². The van der Waals surface area contributed by atoms with Crippen molar-refractivity contribution in [1.82, 2.24) is 9.80 Å². The first kappa shape index (κ1) is 30.4. The molecule has 1 aliphatic heterocycles. The van der Waals surface area contributed by atoms with Gasteiger partial charge in [0.1, 0.15) is 0 Å². The van der Waals surface area contributed by atoms with Crippen molar-refractivity contribution in [1.29, 1.82) is 0 Å². The van der Waals surface area contributed by atoms with Crippen LogP contribution in [0.25, 0.3) is 10.8 Å². The van der Waals surface area contributed by atoms with Crippen LogP contribution in [0, 0.1) is 13.8 Å². The van der Waals surface area contributed by atoms with E-state index in [-0.39, 0.29) is 24.5 Å². The Morgan fingerprint density at radius 1 is 1.00 bits per heavy atom. The summed E-state index contributed by atoms with van der Waals surface area (Å²) in [5.41, 5.74) is 20.4. The number of fused-ring (bicyclic) bond motifs is 1. The first-order chi connectivity index (χ1) is 18.7. The van der Waals surface area contributed by atoms with E-state index in [0.29, 0.717) is 19.1 Å². The van der Waals surface area contributed by atoms with E-state index in [1.165, 1.54) is 27.5 Å². The summed E-state index contributed by atoms with van der Waals surface area (Å²) in [7, 11) is 0. The number of amides is 1. The number of nitrogens with two attached hydrogens (primary N) is 3. The van der Waals surface area contributed by atoms with Crippen molar-refractivity contribution in [2.75, 3.05) is 32.7 Å². The third kappa shape index (κ3) is 9.24. The summed E-state index contributed by atoms with van der Waals surface area (Å²) in [6.07, 6.45) is 2.69. The number of piperazine rings is 1. The number of hydrogen-bond acceptors (Lipinski definition) is 4. The topological polar surface area (TPSA) is 114 Å². The Kier molecular flexibility index (Phi) is 11.6. The van der Waals surface area contributed by atoms with Gasteiger partial charge < -0.3 is 22.1 Å². The summed E-state index contributed by atoms with van der Waals surface area (Å²) in [6, 6.07) is 21.5. The quantitative estimate of drug-likeness (QED) is 0.220. The van der Waals surface area contributed by atoms with Crippen molar-refractivity contribution in [3.8, 4) is 0 Å². The molecule has 0 saturated carbocycles. The van der Waals surface area contributed by atoms with Crippen LogP contribution in [-0.4, -0.2) is 66.5 Å². The predicted molar refractivity (Wildman–Crippen MR) is 164 cm³/mol. The van der Waals surface area contributed by atoms with Crippen LogP contribution in [0.1, 0.15) is 36.5 Å². The first-order valence-corrected chi connectivity index (χ1v) is 14.0. The molecule has 210 valence electrons. The normalized spacial score (nSPS) is 17.4. The summed E-state index contributed by atoms with van der Waals surface area (Å²) in [5.74, 6) is 0.127. The fourth-order valence-corrected chi connectivity index (χ4v) is 5.21. The maximum Gasteiger partial charge on any atom is 0.236 e. The van der Waals surface area contributed by atoms with Crippen molar-refractivity contribution in [2.24, 2.45) is 22.2 Å². The van der Waals surface area contributed by atoms with Crippen LogP contribution >= 0.6 is 11.6 Å². The highest BCUT2D eigenvalue weighted by Gasteiger charge is 2.33. The van der Waals surface area contributed by atoms with Gasteiger partial charge in [0.15, 0.2) is 5.96 Å². The molecule has 1 saturated heterocycles. The van der Waals surface area contributed by atoms with E-state index in [9.17, 15) is 4.79 Å². The second-order valence-corrected chi connectivity index (χ2v) is 10.8. The number of halogens is 1. The molecular weight excluding hydrogens is 508 g/mol. The van der Waals surface area contributed by atoms with E-state index < -0.39 is 0 Å². The lowest BCUT2D eigenvalue weighted by Crippen LogP contribution is -2.60. The zero-order valence-corrected chi connectivity index (χ0v) is 24.2. The number of aliphatic imine (C=N–C) groups is 1. The molecule has 39 heavy (non-hydrogen) atoms. The molecule has 1 fully saturated rings. The molecule has 0 radical (unpaired) electrons. The number of aryl methyl sites for hydroxylation is 2. The van der Waals surface area contributed by atoms with Crippen LogP contribution in [0.4, 0.5) is 0 Å². The Labute approximate surface area is 238 Å². The second kappa shape index (κ2) is 14.9. The second-order valence-electron chi connectivity index (χ2n) is 10.4. The lowest BCUT2D eigenvalue weighted by Gasteiger charge is -2.45. The third-order valence-electron chi connectivity index (χ3n) is 7.43. The molecule has 3 aromatic rings. The lowest BCUT2D eigenvalue weighted by atomic mass is 10.0. The van der Waals surface area contributed by atoms with Gasteiger partial charge in [-0.2, -0.15) is 0 Å². The maximum absolute atomic E-state index is 12.4. The van der Waals surface area contributed by atoms with Crippen LogP contribution in [0.5, 0.6) is 0 Å². The van der Waals surface area contributed by atoms with Crippen LogP contribution < -0.4 is 17.2 Å². The van der Waals surface area contributed by atoms with Crippen molar-refractivity contribution in [3.63, 3.8) is 0 Å². The van der Waals surface area contributed by atoms with Gasteiger partial charge in [-0.15, -0.1) is 0 Å². The van der Waals surface area contributed by atoms with Crippen LogP contribution in [0.15, 0.2) is 65.7 Å². The van der Waals surface area contributed by atoms with Crippen LogP contribution in [0.2, 0.25) is 5.02 Å². The van der Waals surface area contributed by atoms with Crippen LogP contribution in [0.3, 0.4) is 0 Å². The number of carbonyl (C=O) groups excluding carboxylic acids is 1. The summed E-state index contributed by atoms with van der Waals surface area (Å²) < 4.78 is 0. The summed E-state index contributed by atoms with van der Waals surface area (Å²) in [4.78, 5) is 20.9. The smallest absolute Gasteiger partial charge is 0.236 e. The summed E-state index contributed by atoms with van der Waals surface area (Å²) in [6.45, 7) is 9.47. The van der Waals surface area contributed by atoms with E-state index in [1.807, 2.05) is 23.1 Å². The van der Waals surface area contributed by atoms with Gasteiger partial charge in [0.2, 0.25) is 5.91 Å². The lowest BCUT2D eigenvalue weighted by molar-refractivity contribution is -0.136. The number of rotatable bonds is 8. The molecule has 1 aliphatic rings. The van der Waals surface area contributed by atoms with Gasteiger partial charge in [0, 0.05) is 43.3 Å². The van der Waals surface area contributed by atoms with Gasteiger partial charge in [0.05, 0.1) is 6.54 Å². The number of carbonyl (C=O) groups is 1. The van der Waals surface area contributed by atoms with Crippen molar-refractivity contribution in [2.45, 2.75) is 52.1 Å². The minimum absolute atomic E-state index is 0.0165. The average Bonchev–Trinajstić information content (AvgIpc) is 2.92. The third-order valence-corrected chi connectivity index (χ3v) is 7.66. The van der Waals surface area contributed by atoms with Crippen molar-refractivity contribution in [3.05, 3.63) is 82.4 Å². The zero-order valence-electron chi connectivity index (χ0n) is 23.4. The van der Waals surface area contributed by atoms with Gasteiger partial charge in [-0.05, 0) is 79.6 Å². The molecule has 2 atom stereocenters. The average molecular weight is 551 g/mol. The number of benzene rings is 3. The largest absolute Gasteiger partial charge is 0.370 e. The van der Waals surface area contributed by atoms with E-state index >= 15 is 0 Å². The van der Waals surface area contributed by atoms with Crippen LogP contribution in [-0.2, 0) is 11.2 Å². The van der Waals surface area contributed by atoms with Gasteiger partial charge in [-0.1, -0.05) is 60.1 Å². The maximum atomic E-state index is 12.4. The summed E-state index contributed by atoms with van der Waals surface area (Å²) in [5, 5.41) is 3.36. The monoisotopic (exact) mass is 550 g/mol. The molecule has 1 heterocycles. The molecule has 8 heteroatoms. The molecule has 4 rings (SSSR count). The molecule has 6 N–H and O–H groups in total.